The molecule has 0 spiro atoms. The maximum Gasteiger partial charge on any atom is 0.237 e. The highest BCUT2D eigenvalue weighted by atomic mass is 16.5. The molecule has 0 bridgehead atoms. The van der Waals surface area contributed by atoms with Gasteiger partial charge in [0, 0.05) is 12.1 Å². The number of hydrogen-bond acceptors (Lipinski definition) is 4. The van der Waals surface area contributed by atoms with E-state index in [1.165, 1.54) is 0 Å². The maximum atomic E-state index is 13.6. The van der Waals surface area contributed by atoms with Gasteiger partial charge in [-0.25, -0.2) is 0 Å². The molecule has 1 fully saturated rings. The minimum atomic E-state index is -0.281. The van der Waals surface area contributed by atoms with Gasteiger partial charge in [-0.1, -0.05) is 72.8 Å². The first kappa shape index (κ1) is 20.9. The topological polar surface area (TPSA) is 48.0 Å². The van der Waals surface area contributed by atoms with Crippen LogP contribution in [0.15, 0.2) is 84.9 Å². The summed E-state index contributed by atoms with van der Waals surface area (Å²) in [4.78, 5) is 15.5. The number of methoxy groups -OCH3 is 3. The Balaban J connectivity index is 1.70. The summed E-state index contributed by atoms with van der Waals surface area (Å²) in [7, 11) is 4.72. The second-order valence-electron chi connectivity index (χ2n) is 7.99. The van der Waals surface area contributed by atoms with Crippen LogP contribution in [-0.2, 0) is 4.79 Å². The number of nitrogens with zero attached hydrogens (tertiary/aromatic N) is 1. The zero-order valence-corrected chi connectivity index (χ0v) is 18.8. The molecule has 5 nitrogen and oxygen atoms in total. The number of benzene rings is 4. The van der Waals surface area contributed by atoms with E-state index in [-0.39, 0.29) is 17.9 Å². The van der Waals surface area contributed by atoms with Gasteiger partial charge in [0.1, 0.15) is 0 Å². The minimum Gasteiger partial charge on any atom is -0.493 e. The minimum absolute atomic E-state index is 0.0356. The highest BCUT2D eigenvalue weighted by molar-refractivity contribution is 6.08. The average molecular weight is 440 g/mol. The van der Waals surface area contributed by atoms with Crippen LogP contribution >= 0.6 is 0 Å². The summed E-state index contributed by atoms with van der Waals surface area (Å²) in [6.07, 6.45) is 0. The van der Waals surface area contributed by atoms with E-state index in [1.54, 1.807) is 21.3 Å². The predicted molar refractivity (Wildman–Crippen MR) is 129 cm³/mol. The van der Waals surface area contributed by atoms with Crippen LogP contribution in [0.5, 0.6) is 17.2 Å². The predicted octanol–water partition coefficient (Wildman–Crippen LogP) is 5.74. The number of carbonyl (C=O) groups excluding carboxylic acids is 1. The third kappa shape index (κ3) is 3.37. The van der Waals surface area contributed by atoms with Crippen molar-refractivity contribution in [3.05, 3.63) is 96.1 Å². The van der Waals surface area contributed by atoms with E-state index >= 15 is 0 Å². The van der Waals surface area contributed by atoms with E-state index in [4.69, 9.17) is 14.2 Å². The Bertz CT molecular complexity index is 1290. The highest BCUT2D eigenvalue weighted by Gasteiger charge is 2.50. The molecule has 5 rings (SSSR count). The molecular weight excluding hydrogens is 414 g/mol. The first-order chi connectivity index (χ1) is 16.2. The fourth-order valence-corrected chi connectivity index (χ4v) is 4.80. The fraction of sp³-hybridized carbons (Fsp3) is 0.179. The molecule has 4 aromatic rings. The highest BCUT2D eigenvalue weighted by Crippen LogP contribution is 2.52. The van der Waals surface area contributed by atoms with Crippen LogP contribution in [-0.4, -0.2) is 27.2 Å². The molecule has 0 unspecified atom stereocenters. The standard InChI is InChI=1S/C28H25NO4/c1-31-23-16-20(17-24(32-2)27(23)33-3)29-26(25(28(29)30)19-11-5-4-6-12-19)22-15-9-13-18-10-7-8-14-21(18)22/h4-17,25-26H,1-3H3/t25-,26-/m1/s1. The molecule has 5 heteroatoms. The lowest BCUT2D eigenvalue weighted by molar-refractivity contribution is -0.126. The van der Waals surface area contributed by atoms with Gasteiger partial charge in [-0.2, -0.15) is 0 Å². The summed E-state index contributed by atoms with van der Waals surface area (Å²) < 4.78 is 16.6. The Morgan fingerprint density at radius 1 is 0.727 bits per heavy atom. The molecule has 0 N–H and O–H groups in total. The summed E-state index contributed by atoms with van der Waals surface area (Å²) in [5.41, 5.74) is 2.82. The first-order valence-electron chi connectivity index (χ1n) is 10.8. The Morgan fingerprint density at radius 3 is 2.03 bits per heavy atom. The largest absolute Gasteiger partial charge is 0.493 e. The van der Waals surface area contributed by atoms with Crippen molar-refractivity contribution < 1.29 is 19.0 Å². The van der Waals surface area contributed by atoms with E-state index in [2.05, 4.69) is 30.3 Å². The Hall–Kier alpha value is -3.99. The molecule has 1 aliphatic heterocycles. The Labute approximate surface area is 193 Å². The first-order valence-corrected chi connectivity index (χ1v) is 10.8. The smallest absolute Gasteiger partial charge is 0.237 e. The van der Waals surface area contributed by atoms with Gasteiger partial charge in [-0.05, 0) is 21.9 Å². The Kier molecular flexibility index (Phi) is 5.38. The number of anilines is 1. The normalized spacial score (nSPS) is 17.5. The van der Waals surface area contributed by atoms with Crippen molar-refractivity contribution in [3.8, 4) is 17.2 Å². The molecular formula is C28H25NO4. The van der Waals surface area contributed by atoms with Crippen molar-refractivity contribution in [1.82, 2.24) is 0 Å². The van der Waals surface area contributed by atoms with Crippen molar-refractivity contribution in [3.63, 3.8) is 0 Å². The van der Waals surface area contributed by atoms with Gasteiger partial charge in [0.2, 0.25) is 11.7 Å². The van der Waals surface area contributed by atoms with Gasteiger partial charge in [0.05, 0.1) is 39.0 Å². The van der Waals surface area contributed by atoms with E-state index < -0.39 is 0 Å². The van der Waals surface area contributed by atoms with Gasteiger partial charge >= 0.3 is 0 Å². The lowest BCUT2D eigenvalue weighted by Gasteiger charge is -2.48. The molecule has 0 aliphatic carbocycles. The lowest BCUT2D eigenvalue weighted by Crippen LogP contribution is -2.53. The number of carbonyl (C=O) groups is 1. The Morgan fingerprint density at radius 2 is 1.36 bits per heavy atom. The van der Waals surface area contributed by atoms with Gasteiger partial charge in [0.25, 0.3) is 0 Å². The summed E-state index contributed by atoms with van der Waals surface area (Å²) in [6, 6.07) is 28.0. The molecule has 4 aromatic carbocycles. The third-order valence-corrected chi connectivity index (χ3v) is 6.33. The fourth-order valence-electron chi connectivity index (χ4n) is 4.80. The van der Waals surface area contributed by atoms with Crippen molar-refractivity contribution in [2.75, 3.05) is 26.2 Å². The second kappa shape index (κ2) is 8.51. The quantitative estimate of drug-likeness (QED) is 0.360. The van der Waals surface area contributed by atoms with Crippen molar-refractivity contribution >= 4 is 22.4 Å². The molecule has 1 amide bonds. The number of ether oxygens (including phenoxy) is 3. The zero-order valence-electron chi connectivity index (χ0n) is 18.8. The molecule has 33 heavy (non-hydrogen) atoms. The van der Waals surface area contributed by atoms with E-state index in [0.717, 1.165) is 21.9 Å². The lowest BCUT2D eigenvalue weighted by atomic mass is 9.76. The van der Waals surface area contributed by atoms with Crippen molar-refractivity contribution in [2.24, 2.45) is 0 Å². The van der Waals surface area contributed by atoms with Crippen LogP contribution in [0, 0.1) is 0 Å². The molecule has 1 aliphatic rings. The number of β-lactam (4-membered cyclic amide) rings is 1. The molecule has 166 valence electrons. The van der Waals surface area contributed by atoms with Gasteiger partial charge in [0.15, 0.2) is 11.5 Å². The van der Waals surface area contributed by atoms with Crippen molar-refractivity contribution in [2.45, 2.75) is 12.0 Å². The van der Waals surface area contributed by atoms with Crippen LogP contribution in [0.25, 0.3) is 10.8 Å². The van der Waals surface area contributed by atoms with Crippen LogP contribution in [0.4, 0.5) is 5.69 Å². The maximum absolute atomic E-state index is 13.6. The van der Waals surface area contributed by atoms with Crippen LogP contribution in [0.3, 0.4) is 0 Å². The number of hydrogen-bond donors (Lipinski definition) is 0. The van der Waals surface area contributed by atoms with Crippen LogP contribution < -0.4 is 19.1 Å². The van der Waals surface area contributed by atoms with Crippen LogP contribution in [0.1, 0.15) is 23.1 Å². The van der Waals surface area contributed by atoms with E-state index in [0.29, 0.717) is 22.9 Å². The van der Waals surface area contributed by atoms with Gasteiger partial charge < -0.3 is 19.1 Å². The third-order valence-electron chi connectivity index (χ3n) is 6.33. The zero-order chi connectivity index (χ0) is 22.9. The van der Waals surface area contributed by atoms with E-state index in [1.807, 2.05) is 59.5 Å². The number of amides is 1. The molecule has 0 saturated carbocycles. The van der Waals surface area contributed by atoms with Gasteiger partial charge in [-0.15, -0.1) is 0 Å². The molecule has 2 atom stereocenters. The molecule has 1 heterocycles. The van der Waals surface area contributed by atoms with Crippen LogP contribution in [0.2, 0.25) is 0 Å². The SMILES string of the molecule is COc1cc(N2C(=O)[C@H](c3ccccc3)[C@H]2c2cccc3ccccc23)cc(OC)c1OC. The monoisotopic (exact) mass is 439 g/mol. The average Bonchev–Trinajstić information content (AvgIpc) is 2.87. The van der Waals surface area contributed by atoms with E-state index in [9.17, 15) is 4.79 Å². The summed E-state index contributed by atoms with van der Waals surface area (Å²) >= 11 is 0. The molecule has 0 radical (unpaired) electrons. The summed E-state index contributed by atoms with van der Waals surface area (Å²) in [5.74, 6) is 1.28. The van der Waals surface area contributed by atoms with Crippen molar-refractivity contribution in [1.29, 1.82) is 0 Å². The number of fused-ring (bicyclic) bond motifs is 1. The second-order valence-corrected chi connectivity index (χ2v) is 7.99. The van der Waals surface area contributed by atoms with Gasteiger partial charge in [-0.3, -0.25) is 4.79 Å². The number of rotatable bonds is 6. The molecule has 1 saturated heterocycles. The summed E-state index contributed by atoms with van der Waals surface area (Å²) in [6.45, 7) is 0. The summed E-state index contributed by atoms with van der Waals surface area (Å²) in [5, 5.41) is 2.28. The molecule has 0 aromatic heterocycles.